The van der Waals surface area contributed by atoms with Crippen molar-refractivity contribution >= 4 is 5.91 Å². The van der Waals surface area contributed by atoms with Crippen molar-refractivity contribution in [2.75, 3.05) is 32.7 Å². The predicted molar refractivity (Wildman–Crippen MR) is 92.6 cm³/mol. The summed E-state index contributed by atoms with van der Waals surface area (Å²) in [6.07, 6.45) is -3.03. The van der Waals surface area contributed by atoms with Crippen LogP contribution >= 0.6 is 0 Å². The molecule has 1 heterocycles. The molecule has 0 radical (unpaired) electrons. The van der Waals surface area contributed by atoms with Crippen molar-refractivity contribution in [3.8, 4) is 5.75 Å². The van der Waals surface area contributed by atoms with Gasteiger partial charge in [0.15, 0.2) is 0 Å². The standard InChI is InChI=1S/C18H24F3N3O2/c1-3-8-22-17(25)14(2)24-11-9-23(10-12-24)13-15-4-6-16(7-5-15)26-18(19,20)21/h3-7,14H,1,8-13H2,2H3,(H,22,25)/t14-/m1/s1. The van der Waals surface area contributed by atoms with Crippen molar-refractivity contribution in [3.63, 3.8) is 0 Å². The zero-order valence-electron chi connectivity index (χ0n) is 14.8. The van der Waals surface area contributed by atoms with E-state index in [-0.39, 0.29) is 17.7 Å². The molecule has 8 heteroatoms. The monoisotopic (exact) mass is 371 g/mol. The van der Waals surface area contributed by atoms with E-state index in [2.05, 4.69) is 26.4 Å². The number of hydrogen-bond donors (Lipinski definition) is 1. The van der Waals surface area contributed by atoms with Crippen molar-refractivity contribution in [2.45, 2.75) is 25.9 Å². The molecule has 0 aromatic heterocycles. The molecule has 1 amide bonds. The molecule has 1 aromatic carbocycles. The molecule has 0 bridgehead atoms. The number of nitrogens with zero attached hydrogens (tertiary/aromatic N) is 2. The third-order valence-electron chi connectivity index (χ3n) is 4.32. The van der Waals surface area contributed by atoms with E-state index >= 15 is 0 Å². The number of rotatable bonds is 7. The van der Waals surface area contributed by atoms with Crippen LogP contribution in [-0.4, -0.2) is 60.8 Å². The molecular formula is C18H24F3N3O2. The van der Waals surface area contributed by atoms with Crippen molar-refractivity contribution in [3.05, 3.63) is 42.5 Å². The highest BCUT2D eigenvalue weighted by atomic mass is 19.4. The molecule has 144 valence electrons. The molecule has 0 spiro atoms. The molecule has 1 fully saturated rings. The van der Waals surface area contributed by atoms with Crippen LogP contribution in [0.15, 0.2) is 36.9 Å². The van der Waals surface area contributed by atoms with Gasteiger partial charge in [0.2, 0.25) is 5.91 Å². The second-order valence-corrected chi connectivity index (χ2v) is 6.21. The van der Waals surface area contributed by atoms with Gasteiger partial charge in [0.05, 0.1) is 6.04 Å². The quantitative estimate of drug-likeness (QED) is 0.748. The van der Waals surface area contributed by atoms with Crippen molar-refractivity contribution in [2.24, 2.45) is 0 Å². The molecule has 26 heavy (non-hydrogen) atoms. The first-order chi connectivity index (χ1) is 12.3. The van der Waals surface area contributed by atoms with Gasteiger partial charge in [-0.2, -0.15) is 0 Å². The highest BCUT2D eigenvalue weighted by Crippen LogP contribution is 2.23. The van der Waals surface area contributed by atoms with Crippen molar-refractivity contribution < 1.29 is 22.7 Å². The summed E-state index contributed by atoms with van der Waals surface area (Å²) in [4.78, 5) is 16.3. The summed E-state index contributed by atoms with van der Waals surface area (Å²) in [6.45, 7) is 9.67. The van der Waals surface area contributed by atoms with Crippen LogP contribution in [0.3, 0.4) is 0 Å². The Morgan fingerprint density at radius 2 is 1.88 bits per heavy atom. The maximum absolute atomic E-state index is 12.2. The van der Waals surface area contributed by atoms with Gasteiger partial charge in [-0.25, -0.2) is 0 Å². The molecule has 0 saturated carbocycles. The van der Waals surface area contributed by atoms with Gasteiger partial charge in [-0.3, -0.25) is 14.6 Å². The van der Waals surface area contributed by atoms with E-state index in [0.29, 0.717) is 13.1 Å². The minimum atomic E-state index is -4.67. The molecule has 0 aliphatic carbocycles. The average Bonchev–Trinajstić information content (AvgIpc) is 2.60. The van der Waals surface area contributed by atoms with E-state index in [9.17, 15) is 18.0 Å². The molecule has 1 aromatic rings. The number of carbonyl (C=O) groups excluding carboxylic acids is 1. The van der Waals surface area contributed by atoms with Crippen LogP contribution < -0.4 is 10.1 Å². The van der Waals surface area contributed by atoms with Gasteiger partial charge in [0, 0.05) is 39.3 Å². The Hall–Kier alpha value is -2.06. The van der Waals surface area contributed by atoms with Crippen LogP contribution in [0.4, 0.5) is 13.2 Å². The van der Waals surface area contributed by atoms with Crippen molar-refractivity contribution in [1.82, 2.24) is 15.1 Å². The van der Waals surface area contributed by atoms with E-state index < -0.39 is 6.36 Å². The third kappa shape index (κ3) is 6.34. The molecule has 1 aliphatic heterocycles. The smallest absolute Gasteiger partial charge is 0.406 e. The van der Waals surface area contributed by atoms with E-state index in [1.807, 2.05) is 6.92 Å². The first-order valence-electron chi connectivity index (χ1n) is 8.48. The molecular weight excluding hydrogens is 347 g/mol. The number of carbonyl (C=O) groups is 1. The number of hydrogen-bond acceptors (Lipinski definition) is 4. The van der Waals surface area contributed by atoms with E-state index in [0.717, 1.165) is 31.7 Å². The molecule has 2 rings (SSSR count). The summed E-state index contributed by atoms with van der Waals surface area (Å²) in [5.74, 6) is -0.232. The Kier molecular flexibility index (Phi) is 7.05. The second kappa shape index (κ2) is 9.05. The zero-order chi connectivity index (χ0) is 19.2. The minimum Gasteiger partial charge on any atom is -0.406 e. The maximum atomic E-state index is 12.2. The summed E-state index contributed by atoms with van der Waals surface area (Å²) in [6, 6.07) is 5.73. The van der Waals surface area contributed by atoms with Gasteiger partial charge in [-0.1, -0.05) is 18.2 Å². The highest BCUT2D eigenvalue weighted by Gasteiger charge is 2.31. The molecule has 5 nitrogen and oxygen atoms in total. The normalized spacial score (nSPS) is 17.5. The second-order valence-electron chi connectivity index (χ2n) is 6.21. The van der Waals surface area contributed by atoms with Crippen molar-refractivity contribution in [1.29, 1.82) is 0 Å². The lowest BCUT2D eigenvalue weighted by molar-refractivity contribution is -0.274. The van der Waals surface area contributed by atoms with E-state index in [4.69, 9.17) is 0 Å². The van der Waals surface area contributed by atoms with Crippen LogP contribution in [0.1, 0.15) is 12.5 Å². The van der Waals surface area contributed by atoms with Gasteiger partial charge in [-0.05, 0) is 24.6 Å². The van der Waals surface area contributed by atoms with Crippen LogP contribution in [-0.2, 0) is 11.3 Å². The zero-order valence-corrected chi connectivity index (χ0v) is 14.8. The topological polar surface area (TPSA) is 44.8 Å². The Morgan fingerprint density at radius 3 is 2.42 bits per heavy atom. The fourth-order valence-corrected chi connectivity index (χ4v) is 2.85. The number of amides is 1. The van der Waals surface area contributed by atoms with Gasteiger partial charge in [0.1, 0.15) is 5.75 Å². The maximum Gasteiger partial charge on any atom is 0.573 e. The van der Waals surface area contributed by atoms with Gasteiger partial charge >= 0.3 is 6.36 Å². The molecule has 1 atom stereocenters. The molecule has 0 unspecified atom stereocenters. The van der Waals surface area contributed by atoms with E-state index in [1.165, 1.54) is 12.1 Å². The lowest BCUT2D eigenvalue weighted by Gasteiger charge is -2.37. The molecule has 1 aliphatic rings. The predicted octanol–water partition coefficient (Wildman–Crippen LogP) is 2.39. The largest absolute Gasteiger partial charge is 0.573 e. The van der Waals surface area contributed by atoms with Crippen LogP contribution in [0, 0.1) is 0 Å². The third-order valence-corrected chi connectivity index (χ3v) is 4.32. The molecule has 1 saturated heterocycles. The Labute approximate surface area is 151 Å². The fourth-order valence-electron chi connectivity index (χ4n) is 2.85. The Balaban J connectivity index is 1.79. The number of benzene rings is 1. The number of alkyl halides is 3. The number of ether oxygens (including phenoxy) is 1. The first kappa shape index (κ1) is 20.3. The summed E-state index contributed by atoms with van der Waals surface area (Å²) in [5.41, 5.74) is 0.921. The highest BCUT2D eigenvalue weighted by molar-refractivity contribution is 5.81. The summed E-state index contributed by atoms with van der Waals surface area (Å²) >= 11 is 0. The minimum absolute atomic E-state index is 0.0152. The number of nitrogens with one attached hydrogen (secondary N) is 1. The average molecular weight is 371 g/mol. The lowest BCUT2D eigenvalue weighted by Crippen LogP contribution is -2.53. The fraction of sp³-hybridized carbons (Fsp3) is 0.500. The van der Waals surface area contributed by atoms with Gasteiger partial charge in [-0.15, -0.1) is 19.8 Å². The summed E-state index contributed by atoms with van der Waals surface area (Å²) in [7, 11) is 0. The number of halogens is 3. The van der Waals surface area contributed by atoms with Gasteiger partial charge < -0.3 is 10.1 Å². The summed E-state index contributed by atoms with van der Waals surface area (Å²) in [5, 5.41) is 2.80. The van der Waals surface area contributed by atoms with E-state index in [1.54, 1.807) is 18.2 Å². The first-order valence-corrected chi connectivity index (χ1v) is 8.48. The Morgan fingerprint density at radius 1 is 1.27 bits per heavy atom. The molecule has 1 N–H and O–H groups in total. The van der Waals surface area contributed by atoms with Crippen LogP contribution in [0.25, 0.3) is 0 Å². The number of piperazine rings is 1. The summed E-state index contributed by atoms with van der Waals surface area (Å²) < 4.78 is 40.4. The van der Waals surface area contributed by atoms with Gasteiger partial charge in [0.25, 0.3) is 0 Å². The van der Waals surface area contributed by atoms with Crippen LogP contribution in [0.2, 0.25) is 0 Å². The van der Waals surface area contributed by atoms with Crippen LogP contribution in [0.5, 0.6) is 5.75 Å². The lowest BCUT2D eigenvalue weighted by atomic mass is 10.1. The SMILES string of the molecule is C=CCNC(=O)[C@@H](C)N1CCN(Cc2ccc(OC(F)(F)F)cc2)CC1. The Bertz CT molecular complexity index is 597.